The molecule has 4 aromatic carbocycles. The topological polar surface area (TPSA) is 50.8 Å². The Bertz CT molecular complexity index is 1410. The van der Waals surface area contributed by atoms with Crippen LogP contribution in [0.5, 0.6) is 11.5 Å². The first kappa shape index (κ1) is 19.7. The fraction of sp³-hybridized carbons (Fsp3) is 0.179. The summed E-state index contributed by atoms with van der Waals surface area (Å²) in [5.41, 5.74) is 7.45. The number of amides is 1. The lowest BCUT2D eigenvalue weighted by Crippen LogP contribution is -2.43. The molecule has 0 spiro atoms. The zero-order chi connectivity index (χ0) is 22.7. The molecule has 1 saturated heterocycles. The van der Waals surface area contributed by atoms with Gasteiger partial charge in [-0.15, -0.1) is 0 Å². The number of benzene rings is 4. The van der Waals surface area contributed by atoms with Crippen molar-refractivity contribution in [1.82, 2.24) is 5.43 Å². The summed E-state index contributed by atoms with van der Waals surface area (Å²) >= 11 is 0. The van der Waals surface area contributed by atoms with E-state index in [9.17, 15) is 4.79 Å². The van der Waals surface area contributed by atoms with E-state index in [0.29, 0.717) is 0 Å². The van der Waals surface area contributed by atoms with Crippen LogP contribution in [0.4, 0.5) is 5.69 Å². The van der Waals surface area contributed by atoms with Crippen LogP contribution >= 0.6 is 0 Å². The highest BCUT2D eigenvalue weighted by Gasteiger charge is 2.51. The fourth-order valence-corrected chi connectivity index (χ4v) is 4.79. The van der Waals surface area contributed by atoms with E-state index >= 15 is 0 Å². The van der Waals surface area contributed by atoms with Crippen LogP contribution < -0.4 is 19.9 Å². The van der Waals surface area contributed by atoms with Crippen LogP contribution in [0, 0.1) is 5.41 Å². The molecule has 0 saturated carbocycles. The third-order valence-electron chi connectivity index (χ3n) is 6.72. The Hall–Kier alpha value is -3.99. The van der Waals surface area contributed by atoms with Gasteiger partial charge in [0, 0.05) is 11.1 Å². The lowest BCUT2D eigenvalue weighted by Gasteiger charge is -2.29. The van der Waals surface area contributed by atoms with Gasteiger partial charge in [-0.3, -0.25) is 10.2 Å². The van der Waals surface area contributed by atoms with Gasteiger partial charge in [0.15, 0.2) is 0 Å². The summed E-state index contributed by atoms with van der Waals surface area (Å²) in [5.74, 6) is 1.43. The van der Waals surface area contributed by atoms with E-state index in [1.807, 2.05) is 61.3 Å². The lowest BCUT2D eigenvalue weighted by atomic mass is 9.91. The van der Waals surface area contributed by atoms with Crippen molar-refractivity contribution >= 4 is 22.4 Å². The highest BCUT2D eigenvalue weighted by atomic mass is 16.5. The second-order valence-corrected chi connectivity index (χ2v) is 9.13. The molecule has 1 unspecified atom stereocenters. The monoisotopic (exact) mass is 436 g/mol. The SMILES string of the molecule is COc1ccc2c(c1)-c1c(ccc3ccc(-c4ccccc4)cc13)OC1N2NC(=O)C1(C)C. The molecule has 0 radical (unpaired) electrons. The van der Waals surface area contributed by atoms with Crippen LogP contribution in [0.3, 0.4) is 0 Å². The summed E-state index contributed by atoms with van der Waals surface area (Å²) < 4.78 is 12.1. The Morgan fingerprint density at radius 3 is 2.52 bits per heavy atom. The maximum Gasteiger partial charge on any atom is 0.250 e. The molecule has 0 aliphatic carbocycles. The summed E-state index contributed by atoms with van der Waals surface area (Å²) in [6.07, 6.45) is -0.479. The van der Waals surface area contributed by atoms with Crippen molar-refractivity contribution < 1.29 is 14.3 Å². The number of rotatable bonds is 2. The maximum atomic E-state index is 12.8. The minimum absolute atomic E-state index is 0.0649. The van der Waals surface area contributed by atoms with Crippen molar-refractivity contribution in [3.63, 3.8) is 0 Å². The Kier molecular flexibility index (Phi) is 4.18. The van der Waals surface area contributed by atoms with Crippen molar-refractivity contribution in [2.75, 3.05) is 12.1 Å². The highest BCUT2D eigenvalue weighted by Crippen LogP contribution is 2.50. The van der Waals surface area contributed by atoms with Crippen LogP contribution in [0.1, 0.15) is 13.8 Å². The number of nitrogens with one attached hydrogen (secondary N) is 1. The molecule has 1 atom stereocenters. The average molecular weight is 437 g/mol. The number of nitrogens with zero attached hydrogens (tertiary/aromatic N) is 1. The largest absolute Gasteiger partial charge is 0.497 e. The highest BCUT2D eigenvalue weighted by molar-refractivity contribution is 6.05. The van der Waals surface area contributed by atoms with Crippen molar-refractivity contribution in [1.29, 1.82) is 0 Å². The van der Waals surface area contributed by atoms with E-state index in [2.05, 4.69) is 41.8 Å². The van der Waals surface area contributed by atoms with Crippen LogP contribution in [0.2, 0.25) is 0 Å². The molecule has 0 bridgehead atoms. The molecule has 1 amide bonds. The van der Waals surface area contributed by atoms with E-state index in [0.717, 1.165) is 50.2 Å². The van der Waals surface area contributed by atoms with Gasteiger partial charge in [-0.25, -0.2) is 5.01 Å². The molecule has 0 aromatic heterocycles. The van der Waals surface area contributed by atoms with Crippen molar-refractivity contribution in [2.45, 2.75) is 20.1 Å². The van der Waals surface area contributed by atoms with Crippen LogP contribution in [-0.4, -0.2) is 19.2 Å². The van der Waals surface area contributed by atoms with Crippen LogP contribution in [0.25, 0.3) is 33.0 Å². The Labute approximate surface area is 192 Å². The van der Waals surface area contributed by atoms with E-state index in [1.54, 1.807) is 7.11 Å². The molecule has 6 rings (SSSR count). The van der Waals surface area contributed by atoms with Crippen molar-refractivity contribution in [3.05, 3.63) is 78.9 Å². The van der Waals surface area contributed by atoms with Crippen molar-refractivity contribution in [2.24, 2.45) is 5.41 Å². The Morgan fingerprint density at radius 2 is 1.73 bits per heavy atom. The minimum Gasteiger partial charge on any atom is -0.497 e. The van der Waals surface area contributed by atoms with Gasteiger partial charge in [0.1, 0.15) is 16.9 Å². The van der Waals surface area contributed by atoms with Gasteiger partial charge in [0.2, 0.25) is 12.1 Å². The van der Waals surface area contributed by atoms with Gasteiger partial charge in [-0.1, -0.05) is 48.5 Å². The van der Waals surface area contributed by atoms with Gasteiger partial charge in [-0.2, -0.15) is 0 Å². The number of hydrazine groups is 1. The van der Waals surface area contributed by atoms with E-state index < -0.39 is 11.6 Å². The molecule has 1 N–H and O–H groups in total. The maximum absolute atomic E-state index is 12.8. The summed E-state index contributed by atoms with van der Waals surface area (Å²) in [4.78, 5) is 12.8. The molecule has 2 heterocycles. The Morgan fingerprint density at radius 1 is 0.939 bits per heavy atom. The first-order valence-electron chi connectivity index (χ1n) is 11.0. The van der Waals surface area contributed by atoms with Gasteiger partial charge >= 0.3 is 0 Å². The summed E-state index contributed by atoms with van der Waals surface area (Å²) in [6.45, 7) is 3.82. The molecular formula is C28H24N2O3. The van der Waals surface area contributed by atoms with Crippen LogP contribution in [0.15, 0.2) is 78.9 Å². The predicted octanol–water partition coefficient (Wildman–Crippen LogP) is 5.78. The third kappa shape index (κ3) is 2.89. The molecule has 5 nitrogen and oxygen atoms in total. The summed E-state index contributed by atoms with van der Waals surface area (Å²) in [7, 11) is 1.66. The van der Waals surface area contributed by atoms with E-state index in [-0.39, 0.29) is 5.91 Å². The molecule has 4 aromatic rings. The number of hydrogen-bond donors (Lipinski definition) is 1. The van der Waals surface area contributed by atoms with E-state index in [1.165, 1.54) is 0 Å². The summed E-state index contributed by atoms with van der Waals surface area (Å²) in [6, 6.07) is 26.9. The predicted molar refractivity (Wildman–Crippen MR) is 130 cm³/mol. The van der Waals surface area contributed by atoms with Crippen molar-refractivity contribution in [3.8, 4) is 33.8 Å². The van der Waals surface area contributed by atoms with Gasteiger partial charge in [0.05, 0.1) is 12.8 Å². The molecule has 1 fully saturated rings. The average Bonchev–Trinajstić information content (AvgIpc) is 2.98. The zero-order valence-corrected chi connectivity index (χ0v) is 18.8. The second-order valence-electron chi connectivity index (χ2n) is 9.13. The molecule has 2 aliphatic rings. The minimum atomic E-state index is -0.723. The molecular weight excluding hydrogens is 412 g/mol. The number of carbonyl (C=O) groups excluding carboxylic acids is 1. The number of fused-ring (bicyclic) bond motifs is 7. The van der Waals surface area contributed by atoms with Gasteiger partial charge in [-0.05, 0) is 66.1 Å². The van der Waals surface area contributed by atoms with Crippen LogP contribution in [-0.2, 0) is 4.79 Å². The van der Waals surface area contributed by atoms with Gasteiger partial charge < -0.3 is 9.47 Å². The molecule has 164 valence electrons. The second kappa shape index (κ2) is 7.01. The number of hydrogen-bond acceptors (Lipinski definition) is 4. The number of carbonyl (C=O) groups is 1. The quantitative estimate of drug-likeness (QED) is 0.433. The number of methoxy groups -OCH3 is 1. The first-order chi connectivity index (χ1) is 16.0. The normalized spacial score (nSPS) is 18.0. The van der Waals surface area contributed by atoms with Gasteiger partial charge in [0.25, 0.3) is 0 Å². The standard InChI is InChI=1S/C28H24N2O3/c1-28(2)26(31)29-30-23-13-12-20(32-3)16-22(23)25-21-15-19(17-7-5-4-6-8-17)10-9-18(21)11-14-24(25)33-27(28)30/h4-16,27H,1-3H3,(H,29,31). The number of ether oxygens (including phenoxy) is 2. The zero-order valence-electron chi connectivity index (χ0n) is 18.8. The lowest BCUT2D eigenvalue weighted by molar-refractivity contribution is -0.128. The Balaban J connectivity index is 1.66. The first-order valence-corrected chi connectivity index (χ1v) is 11.0. The molecule has 2 aliphatic heterocycles. The fourth-order valence-electron chi connectivity index (χ4n) is 4.79. The van der Waals surface area contributed by atoms with E-state index in [4.69, 9.17) is 9.47 Å². The third-order valence-corrected chi connectivity index (χ3v) is 6.72. The smallest absolute Gasteiger partial charge is 0.250 e. The molecule has 33 heavy (non-hydrogen) atoms. The number of anilines is 1. The molecule has 5 heteroatoms. The summed E-state index contributed by atoms with van der Waals surface area (Å²) in [5, 5.41) is 4.06.